The van der Waals surface area contributed by atoms with Gasteiger partial charge < -0.3 is 4.52 Å². The third-order valence-corrected chi connectivity index (χ3v) is 5.17. The van der Waals surface area contributed by atoms with Crippen LogP contribution in [0.15, 0.2) is 16.0 Å². The van der Waals surface area contributed by atoms with Gasteiger partial charge in [0.2, 0.25) is 5.89 Å². The molecule has 5 heteroatoms. The number of aromatic nitrogens is 2. The molecule has 2 aliphatic rings. The zero-order chi connectivity index (χ0) is 12.8. The number of rotatable bonds is 3. The average Bonchev–Trinajstić information content (AvgIpc) is 3.00. The maximum atomic E-state index is 5.45. The highest BCUT2D eigenvalue weighted by Crippen LogP contribution is 2.39. The van der Waals surface area contributed by atoms with Crippen molar-refractivity contribution in [3.8, 4) is 0 Å². The third kappa shape index (κ3) is 2.11. The first-order valence-electron chi connectivity index (χ1n) is 6.94. The van der Waals surface area contributed by atoms with E-state index in [1.807, 2.05) is 11.3 Å². The van der Waals surface area contributed by atoms with Gasteiger partial charge in [-0.25, -0.2) is 0 Å². The van der Waals surface area contributed by atoms with Crippen molar-refractivity contribution in [2.45, 2.75) is 44.7 Å². The minimum absolute atomic E-state index is 0.216. The van der Waals surface area contributed by atoms with E-state index < -0.39 is 0 Å². The zero-order valence-corrected chi connectivity index (χ0v) is 11.8. The van der Waals surface area contributed by atoms with Crippen molar-refractivity contribution in [1.29, 1.82) is 0 Å². The molecule has 0 bridgehead atoms. The van der Waals surface area contributed by atoms with Crippen LogP contribution >= 0.6 is 11.3 Å². The summed E-state index contributed by atoms with van der Waals surface area (Å²) < 4.78 is 5.45. The van der Waals surface area contributed by atoms with Crippen molar-refractivity contribution in [3.63, 3.8) is 0 Å². The molecule has 3 heterocycles. The highest BCUT2D eigenvalue weighted by molar-refractivity contribution is 7.10. The molecule has 1 atom stereocenters. The average molecular weight is 275 g/mol. The highest BCUT2D eigenvalue weighted by atomic mass is 32.1. The number of nitrogens with zero attached hydrogens (tertiary/aromatic N) is 3. The van der Waals surface area contributed by atoms with Crippen LogP contribution in [-0.2, 0) is 13.0 Å². The summed E-state index contributed by atoms with van der Waals surface area (Å²) in [7, 11) is 0. The first-order chi connectivity index (χ1) is 9.31. The molecular formula is C14H17N3OS. The van der Waals surface area contributed by atoms with E-state index in [2.05, 4.69) is 33.4 Å². The molecule has 0 spiro atoms. The van der Waals surface area contributed by atoms with Gasteiger partial charge in [0.25, 0.3) is 0 Å². The third-order valence-electron chi connectivity index (χ3n) is 4.14. The highest BCUT2D eigenvalue weighted by Gasteiger charge is 2.31. The Kier molecular flexibility index (Phi) is 2.70. The fraction of sp³-hybridized carbons (Fsp3) is 0.571. The van der Waals surface area contributed by atoms with Crippen molar-refractivity contribution < 1.29 is 4.52 Å². The quantitative estimate of drug-likeness (QED) is 0.863. The lowest BCUT2D eigenvalue weighted by atomic mass is 10.1. The van der Waals surface area contributed by atoms with E-state index in [0.29, 0.717) is 5.92 Å². The van der Waals surface area contributed by atoms with Crippen LogP contribution in [0.25, 0.3) is 0 Å². The summed E-state index contributed by atoms with van der Waals surface area (Å²) in [5.74, 6) is 2.25. The summed E-state index contributed by atoms with van der Waals surface area (Å²) in [5, 5.41) is 6.31. The van der Waals surface area contributed by atoms with Gasteiger partial charge in [0.15, 0.2) is 5.82 Å². The lowest BCUT2D eigenvalue weighted by Crippen LogP contribution is -2.32. The van der Waals surface area contributed by atoms with Crippen molar-refractivity contribution >= 4 is 11.3 Å². The van der Waals surface area contributed by atoms with Crippen molar-refractivity contribution in [1.82, 2.24) is 15.0 Å². The molecule has 1 aliphatic heterocycles. The van der Waals surface area contributed by atoms with Crippen LogP contribution < -0.4 is 0 Å². The summed E-state index contributed by atoms with van der Waals surface area (Å²) in [4.78, 5) is 8.54. The minimum atomic E-state index is 0.216. The smallest absolute Gasteiger partial charge is 0.243 e. The molecule has 4 nitrogen and oxygen atoms in total. The Hall–Kier alpha value is -1.20. The van der Waals surface area contributed by atoms with E-state index in [1.54, 1.807) is 0 Å². The van der Waals surface area contributed by atoms with Crippen LogP contribution in [0.5, 0.6) is 0 Å². The minimum Gasteiger partial charge on any atom is -0.338 e. The van der Waals surface area contributed by atoms with Crippen molar-refractivity contribution in [2.24, 2.45) is 0 Å². The van der Waals surface area contributed by atoms with Crippen molar-refractivity contribution in [2.75, 3.05) is 6.54 Å². The normalized spacial score (nSPS) is 21.3. The molecule has 0 aromatic carbocycles. The van der Waals surface area contributed by atoms with Crippen LogP contribution in [0.3, 0.4) is 0 Å². The molecule has 0 amide bonds. The molecule has 100 valence electrons. The molecular weight excluding hydrogens is 258 g/mol. The predicted molar refractivity (Wildman–Crippen MR) is 73.1 cm³/mol. The SMILES string of the molecule is CC(c1nc(C2CC2)no1)N1CCc2sccc2C1. The Balaban J connectivity index is 1.52. The van der Waals surface area contributed by atoms with Crippen LogP contribution in [0.1, 0.15) is 53.9 Å². The predicted octanol–water partition coefficient (Wildman–Crippen LogP) is 3.13. The van der Waals surface area contributed by atoms with Gasteiger partial charge in [-0.05, 0) is 43.2 Å². The van der Waals surface area contributed by atoms with Gasteiger partial charge in [0.1, 0.15) is 0 Å². The van der Waals surface area contributed by atoms with Crippen LogP contribution in [0, 0.1) is 0 Å². The second-order valence-electron chi connectivity index (χ2n) is 5.53. The summed E-state index contributed by atoms with van der Waals surface area (Å²) >= 11 is 1.87. The monoisotopic (exact) mass is 275 g/mol. The summed E-state index contributed by atoms with van der Waals surface area (Å²) in [6, 6.07) is 2.45. The lowest BCUT2D eigenvalue weighted by molar-refractivity contribution is 0.159. The summed E-state index contributed by atoms with van der Waals surface area (Å²) in [5.41, 5.74) is 1.46. The summed E-state index contributed by atoms with van der Waals surface area (Å²) in [6.45, 7) is 4.25. The van der Waals surface area contributed by atoms with Gasteiger partial charge >= 0.3 is 0 Å². The molecule has 1 unspecified atom stereocenters. The number of hydrogen-bond acceptors (Lipinski definition) is 5. The first-order valence-corrected chi connectivity index (χ1v) is 7.82. The Labute approximate surface area is 116 Å². The van der Waals surface area contributed by atoms with E-state index in [4.69, 9.17) is 4.52 Å². The molecule has 0 saturated heterocycles. The van der Waals surface area contributed by atoms with Gasteiger partial charge in [-0.1, -0.05) is 5.16 Å². The van der Waals surface area contributed by atoms with E-state index in [1.165, 1.54) is 23.3 Å². The number of thiophene rings is 1. The fourth-order valence-corrected chi connectivity index (χ4v) is 3.57. The van der Waals surface area contributed by atoms with Crippen LogP contribution in [-0.4, -0.2) is 21.6 Å². The Bertz CT molecular complexity index is 587. The van der Waals surface area contributed by atoms with Gasteiger partial charge in [0.05, 0.1) is 6.04 Å². The molecule has 2 aromatic rings. The van der Waals surface area contributed by atoms with E-state index in [9.17, 15) is 0 Å². The Morgan fingerprint density at radius 2 is 2.37 bits per heavy atom. The lowest BCUT2D eigenvalue weighted by Gasteiger charge is -2.30. The standard InChI is InChI=1S/C14H17N3OS/c1-9(14-15-13(16-18-14)10-2-3-10)17-6-4-12-11(8-17)5-7-19-12/h5,7,9-10H,2-4,6,8H2,1H3. The molecule has 0 N–H and O–H groups in total. The maximum Gasteiger partial charge on any atom is 0.243 e. The van der Waals surface area contributed by atoms with Gasteiger partial charge in [-0.2, -0.15) is 4.98 Å². The molecule has 1 aliphatic carbocycles. The fourth-order valence-electron chi connectivity index (χ4n) is 2.68. The molecule has 0 radical (unpaired) electrons. The summed E-state index contributed by atoms with van der Waals surface area (Å²) in [6.07, 6.45) is 3.58. The van der Waals surface area contributed by atoms with E-state index in [0.717, 1.165) is 31.2 Å². The molecule has 2 aromatic heterocycles. The molecule has 1 fully saturated rings. The topological polar surface area (TPSA) is 42.2 Å². The Morgan fingerprint density at radius 3 is 3.21 bits per heavy atom. The van der Waals surface area contributed by atoms with E-state index >= 15 is 0 Å². The van der Waals surface area contributed by atoms with Crippen molar-refractivity contribution in [3.05, 3.63) is 33.6 Å². The zero-order valence-electron chi connectivity index (χ0n) is 11.0. The number of hydrogen-bond donors (Lipinski definition) is 0. The maximum absolute atomic E-state index is 5.45. The Morgan fingerprint density at radius 1 is 1.47 bits per heavy atom. The second-order valence-corrected chi connectivity index (χ2v) is 6.53. The number of fused-ring (bicyclic) bond motifs is 1. The molecule has 4 rings (SSSR count). The van der Waals surface area contributed by atoms with E-state index in [-0.39, 0.29) is 6.04 Å². The largest absolute Gasteiger partial charge is 0.338 e. The van der Waals surface area contributed by atoms with Gasteiger partial charge in [-0.3, -0.25) is 4.90 Å². The molecule has 1 saturated carbocycles. The van der Waals surface area contributed by atoms with Gasteiger partial charge in [-0.15, -0.1) is 11.3 Å². The molecule has 19 heavy (non-hydrogen) atoms. The van der Waals surface area contributed by atoms with Gasteiger partial charge in [0, 0.05) is 23.9 Å². The van der Waals surface area contributed by atoms with Crippen LogP contribution in [0.4, 0.5) is 0 Å². The van der Waals surface area contributed by atoms with Crippen LogP contribution in [0.2, 0.25) is 0 Å². The second kappa shape index (κ2) is 4.42. The first kappa shape index (κ1) is 11.6.